The number of alkyl halides is 4. The quantitative estimate of drug-likeness (QED) is 0.700. The molecule has 1 aromatic rings. The van der Waals surface area contributed by atoms with Crippen molar-refractivity contribution in [3.63, 3.8) is 0 Å². The highest BCUT2D eigenvalue weighted by molar-refractivity contribution is 9.08. The molecule has 0 aliphatic heterocycles. The van der Waals surface area contributed by atoms with Crippen LogP contribution in [0.3, 0.4) is 0 Å². The lowest BCUT2D eigenvalue weighted by Gasteiger charge is -2.09. The van der Waals surface area contributed by atoms with Crippen molar-refractivity contribution < 1.29 is 13.2 Å². The maximum Gasteiger partial charge on any atom is 0.418 e. The minimum absolute atomic E-state index is 0.206. The summed E-state index contributed by atoms with van der Waals surface area (Å²) >= 11 is 3.12. The van der Waals surface area contributed by atoms with Crippen LogP contribution in [0.15, 0.2) is 12.3 Å². The summed E-state index contributed by atoms with van der Waals surface area (Å²) in [7, 11) is 0. The average Bonchev–Trinajstić information content (AvgIpc) is 2.01. The van der Waals surface area contributed by atoms with E-state index in [2.05, 4.69) is 20.9 Å². The molecular formula is C8H7BrF3N. The molecule has 0 saturated carbocycles. The molecule has 0 unspecified atom stereocenters. The lowest BCUT2D eigenvalue weighted by atomic mass is 10.1. The second-order valence-electron chi connectivity index (χ2n) is 2.62. The molecule has 0 saturated heterocycles. The van der Waals surface area contributed by atoms with Crippen LogP contribution in [0.5, 0.6) is 0 Å². The molecule has 13 heavy (non-hydrogen) atoms. The van der Waals surface area contributed by atoms with Gasteiger partial charge in [-0.15, -0.1) is 0 Å². The number of nitrogens with zero attached hydrogens (tertiary/aromatic N) is 1. The van der Waals surface area contributed by atoms with Gasteiger partial charge in [-0.2, -0.15) is 13.2 Å². The third kappa shape index (κ3) is 2.43. The van der Waals surface area contributed by atoms with Crippen LogP contribution < -0.4 is 0 Å². The number of aromatic nitrogens is 1. The van der Waals surface area contributed by atoms with Gasteiger partial charge in [-0.25, -0.2) is 0 Å². The summed E-state index contributed by atoms with van der Waals surface area (Å²) in [6.07, 6.45) is -3.44. The third-order valence-corrected chi connectivity index (χ3v) is 2.18. The van der Waals surface area contributed by atoms with E-state index in [9.17, 15) is 13.2 Å². The number of hydrogen-bond acceptors (Lipinski definition) is 1. The SMILES string of the molecule is Cc1cc(CBr)ncc1C(F)(F)F. The summed E-state index contributed by atoms with van der Waals surface area (Å²) in [5.74, 6) is 0. The smallest absolute Gasteiger partial charge is 0.260 e. The molecule has 1 rings (SSSR count). The zero-order chi connectivity index (χ0) is 10.1. The Morgan fingerprint density at radius 1 is 1.46 bits per heavy atom. The maximum atomic E-state index is 12.2. The molecule has 0 fully saturated rings. The Kier molecular flexibility index (Phi) is 2.95. The molecule has 1 nitrogen and oxygen atoms in total. The van der Waals surface area contributed by atoms with Gasteiger partial charge in [0.1, 0.15) is 0 Å². The minimum Gasteiger partial charge on any atom is -0.260 e. The molecule has 0 amide bonds. The van der Waals surface area contributed by atoms with Gasteiger partial charge < -0.3 is 0 Å². The van der Waals surface area contributed by atoms with Crippen molar-refractivity contribution in [1.29, 1.82) is 0 Å². The van der Waals surface area contributed by atoms with Gasteiger partial charge in [0.2, 0.25) is 0 Å². The zero-order valence-electron chi connectivity index (χ0n) is 6.82. The molecule has 0 bridgehead atoms. The van der Waals surface area contributed by atoms with E-state index in [1.54, 1.807) is 0 Å². The second-order valence-corrected chi connectivity index (χ2v) is 3.18. The third-order valence-electron chi connectivity index (χ3n) is 1.61. The Morgan fingerprint density at radius 3 is 2.46 bits per heavy atom. The highest BCUT2D eigenvalue weighted by Crippen LogP contribution is 2.31. The normalized spacial score (nSPS) is 11.8. The Balaban J connectivity index is 3.13. The number of pyridine rings is 1. The van der Waals surface area contributed by atoms with E-state index in [1.165, 1.54) is 13.0 Å². The number of hydrogen-bond donors (Lipinski definition) is 0. The second kappa shape index (κ2) is 3.65. The molecule has 1 heterocycles. The Hall–Kier alpha value is -0.580. The van der Waals surface area contributed by atoms with E-state index >= 15 is 0 Å². The lowest BCUT2D eigenvalue weighted by molar-refractivity contribution is -0.138. The predicted molar refractivity (Wildman–Crippen MR) is 46.6 cm³/mol. The molecule has 5 heteroatoms. The van der Waals surface area contributed by atoms with Crippen molar-refractivity contribution >= 4 is 15.9 Å². The van der Waals surface area contributed by atoms with E-state index in [4.69, 9.17) is 0 Å². The van der Waals surface area contributed by atoms with Crippen molar-refractivity contribution in [3.05, 3.63) is 29.1 Å². The molecular weight excluding hydrogens is 247 g/mol. The van der Waals surface area contributed by atoms with Crippen molar-refractivity contribution in [1.82, 2.24) is 4.98 Å². The van der Waals surface area contributed by atoms with Crippen molar-refractivity contribution in [2.45, 2.75) is 18.4 Å². The van der Waals surface area contributed by atoms with Crippen LogP contribution in [0.1, 0.15) is 16.8 Å². The molecule has 0 N–H and O–H groups in total. The van der Waals surface area contributed by atoms with Gasteiger partial charge in [0.15, 0.2) is 0 Å². The highest BCUT2D eigenvalue weighted by atomic mass is 79.9. The van der Waals surface area contributed by atoms with Gasteiger partial charge in [0.25, 0.3) is 0 Å². The van der Waals surface area contributed by atoms with Gasteiger partial charge in [-0.3, -0.25) is 4.98 Å². The first-order valence-corrected chi connectivity index (χ1v) is 4.66. The first-order chi connectivity index (χ1) is 5.95. The summed E-state index contributed by atoms with van der Waals surface area (Å²) in [6, 6.07) is 1.43. The van der Waals surface area contributed by atoms with Crippen LogP contribution in [0, 0.1) is 6.92 Å². The Bertz CT molecular complexity index is 309. The van der Waals surface area contributed by atoms with Gasteiger partial charge in [-0.1, -0.05) is 15.9 Å². The molecule has 0 aliphatic carbocycles. The van der Waals surface area contributed by atoms with E-state index < -0.39 is 11.7 Å². The Morgan fingerprint density at radius 2 is 2.08 bits per heavy atom. The summed E-state index contributed by atoms with van der Waals surface area (Å²) in [4.78, 5) is 3.66. The molecule has 0 aromatic carbocycles. The van der Waals surface area contributed by atoms with Crippen LogP contribution in [0.2, 0.25) is 0 Å². The van der Waals surface area contributed by atoms with Gasteiger partial charge in [0.05, 0.1) is 11.3 Å². The van der Waals surface area contributed by atoms with E-state index in [1.807, 2.05) is 0 Å². The van der Waals surface area contributed by atoms with Crippen molar-refractivity contribution in [2.24, 2.45) is 0 Å². The molecule has 0 spiro atoms. The molecule has 1 aromatic heterocycles. The fraction of sp³-hybridized carbons (Fsp3) is 0.375. The fourth-order valence-corrected chi connectivity index (χ4v) is 1.29. The number of aryl methyl sites for hydroxylation is 1. The van der Waals surface area contributed by atoms with Crippen molar-refractivity contribution in [3.8, 4) is 0 Å². The summed E-state index contributed by atoms with van der Waals surface area (Å²) in [5.41, 5.74) is 0.139. The first-order valence-electron chi connectivity index (χ1n) is 3.54. The summed E-state index contributed by atoms with van der Waals surface area (Å²) < 4.78 is 36.7. The molecule has 0 radical (unpaired) electrons. The summed E-state index contributed by atoms with van der Waals surface area (Å²) in [6.45, 7) is 1.43. The van der Waals surface area contributed by atoms with Crippen LogP contribution in [-0.2, 0) is 11.5 Å². The molecule has 0 aliphatic rings. The Labute approximate surface area is 82.1 Å². The first kappa shape index (κ1) is 10.5. The fourth-order valence-electron chi connectivity index (χ4n) is 0.984. The average molecular weight is 254 g/mol. The van der Waals surface area contributed by atoms with Gasteiger partial charge in [-0.05, 0) is 18.6 Å². The largest absolute Gasteiger partial charge is 0.418 e. The molecule has 0 atom stereocenters. The van der Waals surface area contributed by atoms with E-state index in [-0.39, 0.29) is 5.56 Å². The van der Waals surface area contributed by atoms with Crippen LogP contribution >= 0.6 is 15.9 Å². The highest BCUT2D eigenvalue weighted by Gasteiger charge is 2.32. The van der Waals surface area contributed by atoms with Crippen LogP contribution in [0.25, 0.3) is 0 Å². The maximum absolute atomic E-state index is 12.2. The van der Waals surface area contributed by atoms with E-state index in [0.29, 0.717) is 11.0 Å². The van der Waals surface area contributed by atoms with Crippen LogP contribution in [-0.4, -0.2) is 4.98 Å². The molecule has 72 valence electrons. The van der Waals surface area contributed by atoms with Crippen LogP contribution in [0.4, 0.5) is 13.2 Å². The summed E-state index contributed by atoms with van der Waals surface area (Å²) in [5, 5.41) is 0.464. The van der Waals surface area contributed by atoms with Crippen molar-refractivity contribution in [2.75, 3.05) is 0 Å². The monoisotopic (exact) mass is 253 g/mol. The lowest BCUT2D eigenvalue weighted by Crippen LogP contribution is -2.08. The standard InChI is InChI=1S/C8H7BrF3N/c1-5-2-6(3-9)13-4-7(5)8(10,11)12/h2,4H,3H2,1H3. The predicted octanol–water partition coefficient (Wildman–Crippen LogP) is 3.30. The van der Waals surface area contributed by atoms with Gasteiger partial charge in [0, 0.05) is 11.5 Å². The number of rotatable bonds is 1. The minimum atomic E-state index is -4.30. The van der Waals surface area contributed by atoms with E-state index in [0.717, 1.165) is 6.20 Å². The van der Waals surface area contributed by atoms with Gasteiger partial charge >= 0.3 is 6.18 Å². The zero-order valence-corrected chi connectivity index (χ0v) is 8.41. The topological polar surface area (TPSA) is 12.9 Å². The number of halogens is 4.